The predicted octanol–water partition coefficient (Wildman–Crippen LogP) is 2.41. The molecule has 1 aromatic heterocycles. The lowest BCUT2D eigenvalue weighted by atomic mass is 10.0. The number of aryl methyl sites for hydroxylation is 3. The molecule has 0 atom stereocenters. The molecule has 0 N–H and O–H groups in total. The topological polar surface area (TPSA) is 64.4 Å². The first kappa shape index (κ1) is 17.2. The van der Waals surface area contributed by atoms with Crippen LogP contribution in [0.2, 0.25) is 0 Å². The smallest absolute Gasteiger partial charge is 0.356 e. The van der Waals surface area contributed by atoms with Crippen molar-refractivity contribution in [1.82, 2.24) is 14.7 Å². The summed E-state index contributed by atoms with van der Waals surface area (Å²) in [6, 6.07) is 5.74. The first-order valence-electron chi connectivity index (χ1n) is 8.50. The summed E-state index contributed by atoms with van der Waals surface area (Å²) in [4.78, 5) is 26.9. The van der Waals surface area contributed by atoms with Crippen LogP contribution in [0.1, 0.15) is 50.2 Å². The van der Waals surface area contributed by atoms with Crippen LogP contribution < -0.4 is 0 Å². The molecule has 1 aliphatic heterocycles. The Kier molecular flexibility index (Phi) is 4.61. The van der Waals surface area contributed by atoms with E-state index in [1.54, 1.807) is 23.6 Å². The Morgan fingerprint density at radius 2 is 2.00 bits per heavy atom. The molecule has 0 radical (unpaired) electrons. The number of carbonyl (C=O) groups excluding carboxylic acids is 2. The number of fused-ring (bicyclic) bond motifs is 1. The molecule has 0 spiro atoms. The average molecular weight is 341 g/mol. The second-order valence-electron chi connectivity index (χ2n) is 6.39. The molecule has 132 valence electrons. The maximum atomic E-state index is 12.9. The summed E-state index contributed by atoms with van der Waals surface area (Å²) in [7, 11) is 1.74. The highest BCUT2D eigenvalue weighted by molar-refractivity contribution is 5.95. The highest BCUT2D eigenvalue weighted by atomic mass is 16.5. The van der Waals surface area contributed by atoms with E-state index in [-0.39, 0.29) is 11.9 Å². The number of amides is 1. The van der Waals surface area contributed by atoms with E-state index in [0.717, 1.165) is 22.4 Å². The number of carbonyl (C=O) groups is 2. The zero-order valence-electron chi connectivity index (χ0n) is 15.1. The first-order valence-corrected chi connectivity index (χ1v) is 8.50. The predicted molar refractivity (Wildman–Crippen MR) is 93.5 cm³/mol. The summed E-state index contributed by atoms with van der Waals surface area (Å²) in [5.41, 5.74) is 5.04. The molecule has 1 aliphatic rings. The fraction of sp³-hybridized carbons (Fsp3) is 0.421. The van der Waals surface area contributed by atoms with Gasteiger partial charge in [-0.1, -0.05) is 6.07 Å². The minimum atomic E-state index is -0.390. The average Bonchev–Trinajstić information content (AvgIpc) is 2.91. The Bertz CT molecular complexity index is 839. The van der Waals surface area contributed by atoms with E-state index >= 15 is 0 Å². The van der Waals surface area contributed by atoms with Crippen LogP contribution in [-0.2, 0) is 24.8 Å². The lowest BCUT2D eigenvalue weighted by Crippen LogP contribution is -2.36. The van der Waals surface area contributed by atoms with Gasteiger partial charge in [0.2, 0.25) is 0 Å². The van der Waals surface area contributed by atoms with E-state index in [9.17, 15) is 9.59 Å². The number of nitrogens with zero attached hydrogens (tertiary/aromatic N) is 3. The number of hydrogen-bond acceptors (Lipinski definition) is 4. The molecule has 0 saturated heterocycles. The van der Waals surface area contributed by atoms with Gasteiger partial charge in [-0.25, -0.2) is 4.79 Å². The lowest BCUT2D eigenvalue weighted by Gasteiger charge is -2.27. The normalized spacial score (nSPS) is 13.5. The molecule has 2 heterocycles. The van der Waals surface area contributed by atoms with Gasteiger partial charge in [0.05, 0.1) is 18.8 Å². The Labute approximate surface area is 147 Å². The largest absolute Gasteiger partial charge is 0.461 e. The quantitative estimate of drug-likeness (QED) is 0.804. The van der Waals surface area contributed by atoms with E-state index in [4.69, 9.17) is 4.74 Å². The summed E-state index contributed by atoms with van der Waals surface area (Å²) < 4.78 is 6.70. The maximum absolute atomic E-state index is 12.9. The van der Waals surface area contributed by atoms with Crippen molar-refractivity contribution in [2.45, 2.75) is 33.7 Å². The minimum Gasteiger partial charge on any atom is -0.461 e. The van der Waals surface area contributed by atoms with Crippen molar-refractivity contribution in [1.29, 1.82) is 0 Å². The number of benzene rings is 1. The Balaban J connectivity index is 1.88. The molecule has 2 aromatic rings. The third-order valence-corrected chi connectivity index (χ3v) is 4.71. The van der Waals surface area contributed by atoms with Crippen molar-refractivity contribution in [3.63, 3.8) is 0 Å². The highest BCUT2D eigenvalue weighted by Crippen LogP contribution is 2.24. The fourth-order valence-corrected chi connectivity index (χ4v) is 3.19. The van der Waals surface area contributed by atoms with Crippen LogP contribution in [0.3, 0.4) is 0 Å². The molecule has 6 nitrogen and oxygen atoms in total. The molecule has 1 aromatic carbocycles. The summed E-state index contributed by atoms with van der Waals surface area (Å²) >= 11 is 0. The van der Waals surface area contributed by atoms with Gasteiger partial charge in [0.15, 0.2) is 5.69 Å². The molecular weight excluding hydrogens is 318 g/mol. The Hall–Kier alpha value is -2.63. The van der Waals surface area contributed by atoms with Crippen LogP contribution in [0.15, 0.2) is 18.2 Å². The van der Waals surface area contributed by atoms with E-state index < -0.39 is 0 Å². The molecular formula is C19H23N3O3. The summed E-state index contributed by atoms with van der Waals surface area (Å²) in [5.74, 6) is -0.411. The van der Waals surface area contributed by atoms with Crippen molar-refractivity contribution >= 4 is 11.9 Å². The van der Waals surface area contributed by atoms with Crippen LogP contribution in [0.5, 0.6) is 0 Å². The van der Waals surface area contributed by atoms with Gasteiger partial charge in [0.25, 0.3) is 5.91 Å². The van der Waals surface area contributed by atoms with Gasteiger partial charge in [0, 0.05) is 31.1 Å². The first-order chi connectivity index (χ1) is 11.9. The van der Waals surface area contributed by atoms with Crippen LogP contribution in [0, 0.1) is 13.8 Å². The SMILES string of the molecule is CCOC(=O)c1c2c(nn1C)CCN(C(=O)c1ccc(C)c(C)c1)C2. The van der Waals surface area contributed by atoms with Crippen molar-refractivity contribution < 1.29 is 14.3 Å². The van der Waals surface area contributed by atoms with Gasteiger partial charge in [0.1, 0.15) is 0 Å². The molecule has 0 unspecified atom stereocenters. The minimum absolute atomic E-state index is 0.0209. The maximum Gasteiger partial charge on any atom is 0.356 e. The summed E-state index contributed by atoms with van der Waals surface area (Å²) in [6.07, 6.45) is 0.638. The number of rotatable bonds is 3. The van der Waals surface area contributed by atoms with E-state index in [2.05, 4.69) is 5.10 Å². The van der Waals surface area contributed by atoms with Crippen molar-refractivity contribution in [3.05, 3.63) is 51.8 Å². The fourth-order valence-electron chi connectivity index (χ4n) is 3.19. The zero-order chi connectivity index (χ0) is 18.1. The van der Waals surface area contributed by atoms with Gasteiger partial charge < -0.3 is 9.64 Å². The van der Waals surface area contributed by atoms with Crippen molar-refractivity contribution in [2.24, 2.45) is 7.05 Å². The number of aromatic nitrogens is 2. The highest BCUT2D eigenvalue weighted by Gasteiger charge is 2.30. The monoisotopic (exact) mass is 341 g/mol. The summed E-state index contributed by atoms with van der Waals surface area (Å²) in [5, 5.41) is 4.42. The molecule has 1 amide bonds. The van der Waals surface area contributed by atoms with Gasteiger partial charge in [-0.15, -0.1) is 0 Å². The molecule has 0 aliphatic carbocycles. The lowest BCUT2D eigenvalue weighted by molar-refractivity contribution is 0.0508. The van der Waals surface area contributed by atoms with E-state index in [1.165, 1.54) is 0 Å². The summed E-state index contributed by atoms with van der Waals surface area (Å²) in [6.45, 7) is 7.08. The van der Waals surface area contributed by atoms with E-state index in [1.807, 2.05) is 32.0 Å². The van der Waals surface area contributed by atoms with Gasteiger partial charge in [-0.05, 0) is 44.0 Å². The molecule has 0 saturated carbocycles. The molecule has 6 heteroatoms. The van der Waals surface area contributed by atoms with Crippen LogP contribution in [-0.4, -0.2) is 39.7 Å². The van der Waals surface area contributed by atoms with Gasteiger partial charge >= 0.3 is 5.97 Å². The number of hydrogen-bond donors (Lipinski definition) is 0. The number of esters is 1. The second-order valence-corrected chi connectivity index (χ2v) is 6.39. The van der Waals surface area contributed by atoms with Gasteiger partial charge in [-0.2, -0.15) is 5.10 Å². The number of ether oxygens (including phenoxy) is 1. The van der Waals surface area contributed by atoms with Crippen LogP contribution in [0.25, 0.3) is 0 Å². The van der Waals surface area contributed by atoms with Crippen LogP contribution in [0.4, 0.5) is 0 Å². The van der Waals surface area contributed by atoms with Crippen molar-refractivity contribution in [2.75, 3.05) is 13.2 Å². The molecule has 0 bridgehead atoms. The Morgan fingerprint density at radius 3 is 2.68 bits per heavy atom. The van der Waals surface area contributed by atoms with Crippen LogP contribution >= 0.6 is 0 Å². The third kappa shape index (κ3) is 3.16. The van der Waals surface area contributed by atoms with Crippen molar-refractivity contribution in [3.8, 4) is 0 Å². The molecule has 0 fully saturated rings. The zero-order valence-corrected chi connectivity index (χ0v) is 15.1. The third-order valence-electron chi connectivity index (χ3n) is 4.71. The molecule has 25 heavy (non-hydrogen) atoms. The standard InChI is InChI=1S/C19H23N3O3/c1-5-25-19(24)17-15-11-22(9-8-16(15)20-21(17)4)18(23)14-7-6-12(2)13(3)10-14/h6-7,10H,5,8-9,11H2,1-4H3. The second kappa shape index (κ2) is 6.70. The molecule has 3 rings (SSSR count). The Morgan fingerprint density at radius 1 is 1.24 bits per heavy atom. The van der Waals surface area contributed by atoms with E-state index in [0.29, 0.717) is 37.4 Å². The van der Waals surface area contributed by atoms with Gasteiger partial charge in [-0.3, -0.25) is 9.48 Å².